The van der Waals surface area contributed by atoms with Crippen molar-refractivity contribution in [3.05, 3.63) is 40.4 Å². The zero-order valence-corrected chi connectivity index (χ0v) is 13.6. The van der Waals surface area contributed by atoms with Crippen LogP contribution in [0.15, 0.2) is 29.2 Å². The monoisotopic (exact) mass is 340 g/mol. The van der Waals surface area contributed by atoms with Gasteiger partial charge in [-0.1, -0.05) is 23.5 Å². The van der Waals surface area contributed by atoms with Crippen LogP contribution in [-0.4, -0.2) is 30.5 Å². The number of hydrogen-bond acceptors (Lipinski definition) is 6. The van der Waals surface area contributed by atoms with E-state index >= 15 is 0 Å². The standard InChI is InChI=1S/C13H16N4O3S2/c1-2-11-12(21-17-16-11)13(18)15-8-7-9-3-5-10(6-4-9)22(14,19)20/h3-6H,2,7-8H2,1H3,(H,15,18)(H2,14,19,20). The molecule has 1 aromatic heterocycles. The van der Waals surface area contributed by atoms with Crippen LogP contribution in [0.1, 0.15) is 27.9 Å². The van der Waals surface area contributed by atoms with Crippen molar-refractivity contribution in [2.75, 3.05) is 6.54 Å². The number of carbonyl (C=O) groups excluding carboxylic acids is 1. The Morgan fingerprint density at radius 1 is 1.32 bits per heavy atom. The van der Waals surface area contributed by atoms with Gasteiger partial charge in [0.25, 0.3) is 5.91 Å². The molecule has 0 fully saturated rings. The summed E-state index contributed by atoms with van der Waals surface area (Å²) < 4.78 is 26.1. The minimum atomic E-state index is -3.67. The summed E-state index contributed by atoms with van der Waals surface area (Å²) in [6.07, 6.45) is 1.25. The van der Waals surface area contributed by atoms with Crippen LogP contribution in [-0.2, 0) is 22.9 Å². The van der Waals surface area contributed by atoms with Gasteiger partial charge in [0.2, 0.25) is 10.0 Å². The van der Waals surface area contributed by atoms with Crippen LogP contribution >= 0.6 is 11.5 Å². The van der Waals surface area contributed by atoms with Gasteiger partial charge in [-0.25, -0.2) is 13.6 Å². The molecule has 0 unspecified atom stereocenters. The van der Waals surface area contributed by atoms with Gasteiger partial charge in [0, 0.05) is 6.54 Å². The molecule has 3 N–H and O–H groups in total. The molecule has 0 spiro atoms. The fourth-order valence-electron chi connectivity index (χ4n) is 1.86. The van der Waals surface area contributed by atoms with Gasteiger partial charge in [-0.2, -0.15) is 0 Å². The molecular formula is C13H16N4O3S2. The van der Waals surface area contributed by atoms with E-state index in [1.165, 1.54) is 12.1 Å². The van der Waals surface area contributed by atoms with Gasteiger partial charge in [0.15, 0.2) is 0 Å². The number of carbonyl (C=O) groups is 1. The molecule has 22 heavy (non-hydrogen) atoms. The normalized spacial score (nSPS) is 11.4. The van der Waals surface area contributed by atoms with Crippen LogP contribution in [0, 0.1) is 0 Å². The molecule has 0 aliphatic carbocycles. The number of aryl methyl sites for hydroxylation is 1. The summed E-state index contributed by atoms with van der Waals surface area (Å²) in [6.45, 7) is 2.36. The first-order valence-electron chi connectivity index (χ1n) is 6.63. The van der Waals surface area contributed by atoms with Crippen molar-refractivity contribution in [1.29, 1.82) is 0 Å². The maximum Gasteiger partial charge on any atom is 0.264 e. The molecule has 0 aliphatic heterocycles. The van der Waals surface area contributed by atoms with E-state index in [1.54, 1.807) is 12.1 Å². The molecule has 0 saturated carbocycles. The first-order chi connectivity index (χ1) is 10.4. The summed E-state index contributed by atoms with van der Waals surface area (Å²) in [5.41, 5.74) is 1.60. The lowest BCUT2D eigenvalue weighted by molar-refractivity contribution is 0.0957. The van der Waals surface area contributed by atoms with Crippen LogP contribution in [0.4, 0.5) is 0 Å². The van der Waals surface area contributed by atoms with Crippen LogP contribution in [0.5, 0.6) is 0 Å². The lowest BCUT2D eigenvalue weighted by Gasteiger charge is -2.05. The van der Waals surface area contributed by atoms with Gasteiger partial charge in [0.05, 0.1) is 10.6 Å². The van der Waals surface area contributed by atoms with E-state index < -0.39 is 10.0 Å². The number of benzene rings is 1. The van der Waals surface area contributed by atoms with Gasteiger partial charge < -0.3 is 5.32 Å². The van der Waals surface area contributed by atoms with E-state index in [4.69, 9.17) is 5.14 Å². The number of nitrogens with zero attached hydrogens (tertiary/aromatic N) is 2. The Morgan fingerprint density at radius 2 is 2.00 bits per heavy atom. The van der Waals surface area contributed by atoms with Crippen LogP contribution < -0.4 is 10.5 Å². The van der Waals surface area contributed by atoms with Crippen molar-refractivity contribution in [3.8, 4) is 0 Å². The number of amides is 1. The van der Waals surface area contributed by atoms with Gasteiger partial charge in [-0.3, -0.25) is 4.79 Å². The SMILES string of the molecule is CCc1nnsc1C(=O)NCCc1ccc(S(N)(=O)=O)cc1. The molecule has 1 amide bonds. The summed E-state index contributed by atoms with van der Waals surface area (Å²) in [5.74, 6) is -0.187. The molecule has 2 rings (SSSR count). The fraction of sp³-hybridized carbons (Fsp3) is 0.308. The van der Waals surface area contributed by atoms with Crippen molar-refractivity contribution in [2.24, 2.45) is 5.14 Å². The first-order valence-corrected chi connectivity index (χ1v) is 8.95. The van der Waals surface area contributed by atoms with E-state index in [9.17, 15) is 13.2 Å². The Bertz CT molecular complexity index is 754. The predicted molar refractivity (Wildman–Crippen MR) is 83.1 cm³/mol. The van der Waals surface area contributed by atoms with Crippen LogP contribution in [0.25, 0.3) is 0 Å². The van der Waals surface area contributed by atoms with Crippen molar-refractivity contribution in [3.63, 3.8) is 0 Å². The molecule has 1 heterocycles. The third-order valence-corrected chi connectivity index (χ3v) is 4.74. The summed E-state index contributed by atoms with van der Waals surface area (Å²) in [7, 11) is -3.67. The third kappa shape index (κ3) is 4.09. The molecule has 0 radical (unpaired) electrons. The van der Waals surface area contributed by atoms with E-state index in [1.807, 2.05) is 6.92 Å². The second-order valence-corrected chi connectivity index (χ2v) is 6.91. The number of hydrogen-bond donors (Lipinski definition) is 2. The van der Waals surface area contributed by atoms with E-state index in [0.717, 1.165) is 17.1 Å². The molecule has 0 saturated heterocycles. The topological polar surface area (TPSA) is 115 Å². The lowest BCUT2D eigenvalue weighted by atomic mass is 10.1. The van der Waals surface area contributed by atoms with Gasteiger partial charge in [0.1, 0.15) is 4.88 Å². The molecule has 7 nitrogen and oxygen atoms in total. The van der Waals surface area contributed by atoms with Crippen LogP contribution in [0.3, 0.4) is 0 Å². The summed E-state index contributed by atoms with van der Waals surface area (Å²) in [5, 5.41) is 11.7. The maximum atomic E-state index is 12.0. The Morgan fingerprint density at radius 3 is 2.59 bits per heavy atom. The van der Waals surface area contributed by atoms with E-state index in [-0.39, 0.29) is 10.8 Å². The number of nitrogens with two attached hydrogens (primary N) is 1. The second kappa shape index (κ2) is 6.95. The number of rotatable bonds is 6. The Kier molecular flexibility index (Phi) is 5.22. The number of nitrogens with one attached hydrogen (secondary N) is 1. The minimum absolute atomic E-state index is 0.0728. The number of primary sulfonamides is 1. The summed E-state index contributed by atoms with van der Waals surface area (Å²) in [4.78, 5) is 12.6. The van der Waals surface area contributed by atoms with Crippen molar-refractivity contribution < 1.29 is 13.2 Å². The average Bonchev–Trinajstić information content (AvgIpc) is 2.95. The smallest absolute Gasteiger partial charge is 0.264 e. The highest BCUT2D eigenvalue weighted by Gasteiger charge is 2.14. The molecule has 0 bridgehead atoms. The molecule has 1 aromatic carbocycles. The molecular weight excluding hydrogens is 324 g/mol. The van der Waals surface area contributed by atoms with E-state index in [2.05, 4.69) is 14.9 Å². The van der Waals surface area contributed by atoms with E-state index in [0.29, 0.717) is 30.0 Å². The minimum Gasteiger partial charge on any atom is -0.351 e. The summed E-state index contributed by atoms with van der Waals surface area (Å²) in [6, 6.07) is 6.26. The second-order valence-electron chi connectivity index (χ2n) is 4.60. The largest absolute Gasteiger partial charge is 0.351 e. The third-order valence-electron chi connectivity index (χ3n) is 3.05. The average molecular weight is 340 g/mol. The molecule has 0 atom stereocenters. The van der Waals surface area contributed by atoms with Crippen molar-refractivity contribution in [2.45, 2.75) is 24.7 Å². The number of sulfonamides is 1. The Hall–Kier alpha value is -1.84. The van der Waals surface area contributed by atoms with Crippen molar-refractivity contribution >= 4 is 27.5 Å². The lowest BCUT2D eigenvalue weighted by Crippen LogP contribution is -2.25. The van der Waals surface area contributed by atoms with Gasteiger partial charge in [-0.15, -0.1) is 5.10 Å². The maximum absolute atomic E-state index is 12.0. The highest BCUT2D eigenvalue weighted by molar-refractivity contribution is 7.89. The quantitative estimate of drug-likeness (QED) is 0.804. The molecule has 2 aromatic rings. The van der Waals surface area contributed by atoms with Gasteiger partial charge in [-0.05, 0) is 42.1 Å². The van der Waals surface area contributed by atoms with Gasteiger partial charge >= 0.3 is 0 Å². The van der Waals surface area contributed by atoms with Crippen LogP contribution in [0.2, 0.25) is 0 Å². The molecule has 118 valence electrons. The highest BCUT2D eigenvalue weighted by atomic mass is 32.2. The molecule has 0 aliphatic rings. The fourth-order valence-corrected chi connectivity index (χ4v) is 3.04. The predicted octanol–water partition coefficient (Wildman–Crippen LogP) is 0.720. The Balaban J connectivity index is 1.90. The first kappa shape index (κ1) is 16.5. The highest BCUT2D eigenvalue weighted by Crippen LogP contribution is 2.11. The Labute approximate surface area is 132 Å². The zero-order valence-electron chi connectivity index (χ0n) is 11.9. The number of aromatic nitrogens is 2. The zero-order chi connectivity index (χ0) is 16.2. The molecule has 9 heteroatoms. The summed E-state index contributed by atoms with van der Waals surface area (Å²) >= 11 is 1.08. The van der Waals surface area contributed by atoms with Crippen molar-refractivity contribution in [1.82, 2.24) is 14.9 Å².